The normalized spacial score (nSPS) is 20.0. The summed E-state index contributed by atoms with van der Waals surface area (Å²) < 4.78 is 0. The highest BCUT2D eigenvalue weighted by molar-refractivity contribution is 5.76. The number of hydrogen-bond acceptors (Lipinski definition) is 3. The second-order valence-electron chi connectivity index (χ2n) is 4.61. The summed E-state index contributed by atoms with van der Waals surface area (Å²) in [5, 5.41) is 0. The van der Waals surface area contributed by atoms with Gasteiger partial charge < -0.3 is 15.5 Å². The predicted molar refractivity (Wildman–Crippen MR) is 73.5 cm³/mol. The van der Waals surface area contributed by atoms with Crippen LogP contribution in [0.1, 0.15) is 13.3 Å². The molecule has 1 atom stereocenters. The number of amides is 1. The van der Waals surface area contributed by atoms with Crippen LogP contribution < -0.4 is 10.6 Å². The van der Waals surface area contributed by atoms with Gasteiger partial charge in [-0.15, -0.1) is 0 Å². The van der Waals surface area contributed by atoms with Crippen molar-refractivity contribution in [3.8, 4) is 0 Å². The lowest BCUT2D eigenvalue weighted by Crippen LogP contribution is -2.57. The van der Waals surface area contributed by atoms with Gasteiger partial charge >= 0.3 is 0 Å². The fraction of sp³-hybridized carbons (Fsp3) is 0.500. The van der Waals surface area contributed by atoms with Crippen LogP contribution in [0.15, 0.2) is 30.3 Å². The Labute approximate surface area is 108 Å². The molecule has 1 saturated heterocycles. The van der Waals surface area contributed by atoms with Gasteiger partial charge in [0.2, 0.25) is 5.91 Å². The number of hydrogen-bond donors (Lipinski definition) is 1. The summed E-state index contributed by atoms with van der Waals surface area (Å²) in [6.45, 7) is 4.86. The van der Waals surface area contributed by atoms with E-state index < -0.39 is 0 Å². The molecule has 0 aromatic heterocycles. The van der Waals surface area contributed by atoms with Crippen molar-refractivity contribution in [1.29, 1.82) is 0 Å². The first kappa shape index (κ1) is 12.9. The maximum atomic E-state index is 11.7. The van der Waals surface area contributed by atoms with Gasteiger partial charge in [-0.1, -0.05) is 25.1 Å². The molecule has 18 heavy (non-hydrogen) atoms. The summed E-state index contributed by atoms with van der Waals surface area (Å²) >= 11 is 0. The van der Waals surface area contributed by atoms with E-state index in [-0.39, 0.29) is 11.9 Å². The Balaban J connectivity index is 2.09. The van der Waals surface area contributed by atoms with Crippen LogP contribution in [0.25, 0.3) is 0 Å². The summed E-state index contributed by atoms with van der Waals surface area (Å²) in [6, 6.07) is 10.5. The predicted octanol–water partition coefficient (Wildman–Crippen LogP) is 1.07. The third-order valence-electron chi connectivity index (χ3n) is 3.50. The van der Waals surface area contributed by atoms with Gasteiger partial charge in [0.05, 0.1) is 6.04 Å². The fourth-order valence-electron chi connectivity index (χ4n) is 2.47. The Morgan fingerprint density at radius 3 is 2.67 bits per heavy atom. The van der Waals surface area contributed by atoms with E-state index in [1.165, 1.54) is 5.69 Å². The lowest BCUT2D eigenvalue weighted by molar-refractivity contribution is -0.131. The van der Waals surface area contributed by atoms with Crippen molar-refractivity contribution in [1.82, 2.24) is 4.90 Å². The molecule has 98 valence electrons. The lowest BCUT2D eigenvalue weighted by atomic mass is 10.1. The third kappa shape index (κ3) is 2.64. The summed E-state index contributed by atoms with van der Waals surface area (Å²) in [4.78, 5) is 16.0. The van der Waals surface area contributed by atoms with Gasteiger partial charge in [0.1, 0.15) is 0 Å². The van der Waals surface area contributed by atoms with Crippen LogP contribution in [0.5, 0.6) is 0 Å². The molecule has 1 fully saturated rings. The maximum Gasteiger partial charge on any atom is 0.222 e. The first-order chi connectivity index (χ1) is 8.76. The van der Waals surface area contributed by atoms with Gasteiger partial charge in [0.15, 0.2) is 0 Å². The van der Waals surface area contributed by atoms with Crippen molar-refractivity contribution >= 4 is 11.6 Å². The van der Waals surface area contributed by atoms with Crippen LogP contribution in [-0.2, 0) is 4.79 Å². The Bertz CT molecular complexity index is 393. The molecule has 0 spiro atoms. The minimum absolute atomic E-state index is 0.219. The molecule has 1 aromatic rings. The van der Waals surface area contributed by atoms with Gasteiger partial charge in [0, 0.05) is 38.3 Å². The first-order valence-electron chi connectivity index (χ1n) is 6.55. The molecule has 2 rings (SSSR count). The number of carbonyl (C=O) groups is 1. The molecule has 0 saturated carbocycles. The van der Waals surface area contributed by atoms with E-state index in [0.717, 1.165) is 19.6 Å². The molecule has 1 aliphatic rings. The number of benzene rings is 1. The highest BCUT2D eigenvalue weighted by Gasteiger charge is 2.27. The molecule has 1 amide bonds. The van der Waals surface area contributed by atoms with Crippen LogP contribution >= 0.6 is 0 Å². The standard InChI is InChI=1S/C14H21N3O/c1-2-14(18)16-8-9-17(13(10-15)11-16)12-6-4-3-5-7-12/h3-7,13H,2,8-11,15H2,1H3. The molecule has 4 nitrogen and oxygen atoms in total. The molecule has 1 aliphatic heterocycles. The van der Waals surface area contributed by atoms with E-state index in [4.69, 9.17) is 5.73 Å². The number of nitrogens with two attached hydrogens (primary N) is 1. The number of carbonyl (C=O) groups excluding carboxylic acids is 1. The highest BCUT2D eigenvalue weighted by Crippen LogP contribution is 2.20. The second-order valence-corrected chi connectivity index (χ2v) is 4.61. The van der Waals surface area contributed by atoms with Gasteiger partial charge in [-0.3, -0.25) is 4.79 Å². The molecule has 2 N–H and O–H groups in total. The number of anilines is 1. The molecular weight excluding hydrogens is 226 g/mol. The van der Waals surface area contributed by atoms with Crippen LogP contribution in [0, 0.1) is 0 Å². The highest BCUT2D eigenvalue weighted by atomic mass is 16.2. The van der Waals surface area contributed by atoms with E-state index in [1.54, 1.807) is 0 Å². The molecule has 1 heterocycles. The number of para-hydroxylation sites is 1. The number of rotatable bonds is 3. The van der Waals surface area contributed by atoms with Gasteiger partial charge in [-0.25, -0.2) is 0 Å². The number of piperazine rings is 1. The van der Waals surface area contributed by atoms with E-state index in [0.29, 0.717) is 13.0 Å². The zero-order valence-electron chi connectivity index (χ0n) is 10.9. The number of nitrogens with zero attached hydrogens (tertiary/aromatic N) is 2. The zero-order valence-corrected chi connectivity index (χ0v) is 10.9. The topological polar surface area (TPSA) is 49.6 Å². The monoisotopic (exact) mass is 247 g/mol. The first-order valence-corrected chi connectivity index (χ1v) is 6.55. The van der Waals surface area contributed by atoms with Gasteiger partial charge in [-0.05, 0) is 12.1 Å². The third-order valence-corrected chi connectivity index (χ3v) is 3.50. The fourth-order valence-corrected chi connectivity index (χ4v) is 2.47. The van der Waals surface area contributed by atoms with Crippen molar-refractivity contribution in [2.75, 3.05) is 31.1 Å². The summed E-state index contributed by atoms with van der Waals surface area (Å²) in [6.07, 6.45) is 0.572. The minimum Gasteiger partial charge on any atom is -0.364 e. The summed E-state index contributed by atoms with van der Waals surface area (Å²) in [7, 11) is 0. The van der Waals surface area contributed by atoms with Crippen LogP contribution in [0.3, 0.4) is 0 Å². The molecule has 1 aromatic carbocycles. The average Bonchev–Trinajstić information content (AvgIpc) is 2.46. The molecule has 4 heteroatoms. The Morgan fingerprint density at radius 1 is 1.33 bits per heavy atom. The van der Waals surface area contributed by atoms with Crippen molar-refractivity contribution in [3.05, 3.63) is 30.3 Å². The smallest absolute Gasteiger partial charge is 0.222 e. The Morgan fingerprint density at radius 2 is 2.06 bits per heavy atom. The molecule has 0 radical (unpaired) electrons. The Kier molecular flexibility index (Phi) is 4.20. The van der Waals surface area contributed by atoms with Crippen molar-refractivity contribution in [3.63, 3.8) is 0 Å². The molecular formula is C14H21N3O. The summed E-state index contributed by atoms with van der Waals surface area (Å²) in [5.74, 6) is 0.223. The maximum absolute atomic E-state index is 11.7. The van der Waals surface area contributed by atoms with E-state index >= 15 is 0 Å². The minimum atomic E-state index is 0.219. The molecule has 0 aliphatic carbocycles. The largest absolute Gasteiger partial charge is 0.364 e. The van der Waals surface area contributed by atoms with Crippen molar-refractivity contribution < 1.29 is 4.79 Å². The van der Waals surface area contributed by atoms with Crippen LogP contribution in [0.2, 0.25) is 0 Å². The second kappa shape index (κ2) is 5.87. The van der Waals surface area contributed by atoms with Crippen molar-refractivity contribution in [2.24, 2.45) is 5.73 Å². The van der Waals surface area contributed by atoms with E-state index in [2.05, 4.69) is 17.0 Å². The summed E-state index contributed by atoms with van der Waals surface area (Å²) in [5.41, 5.74) is 7.05. The molecule has 0 bridgehead atoms. The van der Waals surface area contributed by atoms with Gasteiger partial charge in [-0.2, -0.15) is 0 Å². The molecule has 1 unspecified atom stereocenters. The SMILES string of the molecule is CCC(=O)N1CCN(c2ccccc2)C(CN)C1. The van der Waals surface area contributed by atoms with Gasteiger partial charge in [0.25, 0.3) is 0 Å². The average molecular weight is 247 g/mol. The van der Waals surface area contributed by atoms with Crippen molar-refractivity contribution in [2.45, 2.75) is 19.4 Å². The zero-order chi connectivity index (χ0) is 13.0. The van der Waals surface area contributed by atoms with Crippen LogP contribution in [0.4, 0.5) is 5.69 Å². The lowest BCUT2D eigenvalue weighted by Gasteiger charge is -2.42. The van der Waals surface area contributed by atoms with E-state index in [1.807, 2.05) is 30.0 Å². The Hall–Kier alpha value is -1.55. The van der Waals surface area contributed by atoms with Crippen LogP contribution in [-0.4, -0.2) is 43.0 Å². The van der Waals surface area contributed by atoms with E-state index in [9.17, 15) is 4.79 Å². The quantitative estimate of drug-likeness (QED) is 0.869.